The van der Waals surface area contributed by atoms with E-state index in [0.717, 1.165) is 53.5 Å². The number of fused-ring (bicyclic) bond motifs is 1. The van der Waals surface area contributed by atoms with Gasteiger partial charge in [-0.1, -0.05) is 11.6 Å². The number of aromatic nitrogens is 2. The van der Waals surface area contributed by atoms with Crippen molar-refractivity contribution in [3.8, 4) is 0 Å². The van der Waals surface area contributed by atoms with E-state index >= 15 is 0 Å². The Morgan fingerprint density at radius 1 is 1.04 bits per heavy atom. The van der Waals surface area contributed by atoms with Crippen LogP contribution in [0.3, 0.4) is 0 Å². The fraction of sp³-hybridized carbons (Fsp3) is 0.444. The van der Waals surface area contributed by atoms with E-state index in [1.165, 1.54) is 20.7 Å². The molecule has 0 amide bonds. The summed E-state index contributed by atoms with van der Waals surface area (Å²) in [5.74, 6) is 1.97. The van der Waals surface area contributed by atoms with Crippen molar-refractivity contribution in [2.45, 2.75) is 27.3 Å². The zero-order valence-electron chi connectivity index (χ0n) is 14.7. The normalized spacial score (nSPS) is 16.1. The number of thiophene rings is 2. The van der Waals surface area contributed by atoms with Crippen LogP contribution in [0.15, 0.2) is 12.1 Å². The van der Waals surface area contributed by atoms with Crippen LogP contribution in [-0.2, 0) is 6.54 Å². The third-order valence-electron chi connectivity index (χ3n) is 4.80. The van der Waals surface area contributed by atoms with Crippen LogP contribution in [0.4, 0.5) is 5.82 Å². The van der Waals surface area contributed by atoms with Gasteiger partial charge in [0.2, 0.25) is 0 Å². The fourth-order valence-electron chi connectivity index (χ4n) is 3.34. The highest BCUT2D eigenvalue weighted by Crippen LogP contribution is 2.35. The molecule has 4 nitrogen and oxygen atoms in total. The van der Waals surface area contributed by atoms with E-state index in [-0.39, 0.29) is 0 Å². The third-order valence-corrected chi connectivity index (χ3v) is 7.12. The third kappa shape index (κ3) is 3.40. The Balaban J connectivity index is 1.53. The van der Waals surface area contributed by atoms with Crippen molar-refractivity contribution in [1.29, 1.82) is 0 Å². The number of rotatable bonds is 3. The summed E-state index contributed by atoms with van der Waals surface area (Å²) in [4.78, 5) is 18.2. The monoisotopic (exact) mass is 392 g/mol. The molecule has 4 heterocycles. The molecule has 132 valence electrons. The van der Waals surface area contributed by atoms with Gasteiger partial charge in [-0.05, 0) is 38.5 Å². The average Bonchev–Trinajstić information content (AvgIpc) is 3.11. The highest BCUT2D eigenvalue weighted by Gasteiger charge is 2.23. The second-order valence-electron chi connectivity index (χ2n) is 6.53. The summed E-state index contributed by atoms with van der Waals surface area (Å²) >= 11 is 9.50. The molecule has 1 aliphatic rings. The van der Waals surface area contributed by atoms with E-state index in [1.807, 2.05) is 13.0 Å². The Kier molecular flexibility index (Phi) is 4.71. The quantitative estimate of drug-likeness (QED) is 0.649. The lowest BCUT2D eigenvalue weighted by Crippen LogP contribution is -2.46. The second-order valence-corrected chi connectivity index (χ2v) is 9.53. The molecule has 0 aromatic carbocycles. The molecule has 3 aromatic rings. The summed E-state index contributed by atoms with van der Waals surface area (Å²) in [6.07, 6.45) is 0. The number of hydrogen-bond acceptors (Lipinski definition) is 6. The smallest absolute Gasteiger partial charge is 0.141 e. The van der Waals surface area contributed by atoms with Crippen molar-refractivity contribution in [3.63, 3.8) is 0 Å². The van der Waals surface area contributed by atoms with Crippen molar-refractivity contribution in [2.75, 3.05) is 31.1 Å². The van der Waals surface area contributed by atoms with Gasteiger partial charge in [0.1, 0.15) is 16.5 Å². The average molecular weight is 393 g/mol. The minimum absolute atomic E-state index is 0.861. The molecular formula is C18H21ClN4S2. The van der Waals surface area contributed by atoms with Gasteiger partial charge in [0.05, 0.1) is 9.72 Å². The summed E-state index contributed by atoms with van der Waals surface area (Å²) in [5.41, 5.74) is 1.32. The van der Waals surface area contributed by atoms with Gasteiger partial charge in [-0.15, -0.1) is 22.7 Å². The van der Waals surface area contributed by atoms with Crippen LogP contribution >= 0.6 is 34.3 Å². The molecule has 0 saturated carbocycles. The van der Waals surface area contributed by atoms with Crippen LogP contribution in [0.2, 0.25) is 4.34 Å². The van der Waals surface area contributed by atoms with E-state index in [1.54, 1.807) is 22.7 Å². The number of halogens is 1. The van der Waals surface area contributed by atoms with E-state index in [4.69, 9.17) is 16.6 Å². The van der Waals surface area contributed by atoms with Crippen LogP contribution < -0.4 is 4.90 Å². The molecule has 0 unspecified atom stereocenters. The van der Waals surface area contributed by atoms with E-state index in [2.05, 4.69) is 34.7 Å². The Labute approximate surface area is 161 Å². The van der Waals surface area contributed by atoms with Crippen molar-refractivity contribution >= 4 is 50.3 Å². The van der Waals surface area contributed by atoms with Crippen LogP contribution in [0, 0.1) is 20.8 Å². The van der Waals surface area contributed by atoms with Gasteiger partial charge in [-0.3, -0.25) is 4.90 Å². The first-order valence-electron chi connectivity index (χ1n) is 8.47. The molecule has 1 aliphatic heterocycles. The second kappa shape index (κ2) is 6.83. The van der Waals surface area contributed by atoms with Crippen LogP contribution in [0.5, 0.6) is 0 Å². The summed E-state index contributed by atoms with van der Waals surface area (Å²) in [7, 11) is 0. The molecule has 1 fully saturated rings. The topological polar surface area (TPSA) is 32.3 Å². The lowest BCUT2D eigenvalue weighted by molar-refractivity contribution is 0.251. The molecule has 7 heteroatoms. The predicted octanol–water partition coefficient (Wildman–Crippen LogP) is 4.65. The van der Waals surface area contributed by atoms with Crippen molar-refractivity contribution < 1.29 is 0 Å². The zero-order valence-corrected chi connectivity index (χ0v) is 17.1. The minimum Gasteiger partial charge on any atom is -0.353 e. The van der Waals surface area contributed by atoms with Gasteiger partial charge in [0, 0.05) is 42.5 Å². The molecule has 0 spiro atoms. The fourth-order valence-corrected chi connectivity index (χ4v) is 5.54. The standard InChI is InChI=1S/C18H21ClN4S2/c1-11-12(2)24-18-16(11)17(20-13(3)21-18)23-8-6-22(7-9-23)10-14-4-5-15(19)25-14/h4-5H,6-10H2,1-3H3. The molecule has 4 rings (SSSR count). The zero-order chi connectivity index (χ0) is 17.6. The first-order chi connectivity index (χ1) is 12.0. The summed E-state index contributed by atoms with van der Waals surface area (Å²) in [5, 5.41) is 1.24. The van der Waals surface area contributed by atoms with Gasteiger partial charge < -0.3 is 4.90 Å². The number of aryl methyl sites for hydroxylation is 3. The lowest BCUT2D eigenvalue weighted by atomic mass is 10.2. The Hall–Kier alpha value is -1.21. The number of piperazine rings is 1. The molecular weight excluding hydrogens is 372 g/mol. The SMILES string of the molecule is Cc1nc(N2CCN(Cc3ccc(Cl)s3)CC2)c2c(C)c(C)sc2n1. The molecule has 0 N–H and O–H groups in total. The van der Waals surface area contributed by atoms with Crippen LogP contribution in [0.1, 0.15) is 21.1 Å². The van der Waals surface area contributed by atoms with Gasteiger partial charge in [0.15, 0.2) is 0 Å². The van der Waals surface area contributed by atoms with Crippen LogP contribution in [0.25, 0.3) is 10.2 Å². The number of hydrogen-bond donors (Lipinski definition) is 0. The highest BCUT2D eigenvalue weighted by atomic mass is 35.5. The molecule has 0 bridgehead atoms. The van der Waals surface area contributed by atoms with Crippen LogP contribution in [-0.4, -0.2) is 41.0 Å². The Morgan fingerprint density at radius 2 is 1.80 bits per heavy atom. The molecule has 0 aliphatic carbocycles. The van der Waals surface area contributed by atoms with Gasteiger partial charge in [-0.25, -0.2) is 9.97 Å². The summed E-state index contributed by atoms with van der Waals surface area (Å²) in [6.45, 7) is 11.4. The molecule has 1 saturated heterocycles. The predicted molar refractivity (Wildman–Crippen MR) is 108 cm³/mol. The maximum atomic E-state index is 6.05. The number of anilines is 1. The van der Waals surface area contributed by atoms with E-state index < -0.39 is 0 Å². The largest absolute Gasteiger partial charge is 0.353 e. The van der Waals surface area contributed by atoms with Gasteiger partial charge >= 0.3 is 0 Å². The maximum absolute atomic E-state index is 6.05. The van der Waals surface area contributed by atoms with E-state index in [0.29, 0.717) is 0 Å². The molecule has 25 heavy (non-hydrogen) atoms. The summed E-state index contributed by atoms with van der Waals surface area (Å²) < 4.78 is 0.871. The van der Waals surface area contributed by atoms with Gasteiger partial charge in [0.25, 0.3) is 0 Å². The molecule has 0 atom stereocenters. The highest BCUT2D eigenvalue weighted by molar-refractivity contribution is 7.18. The molecule has 0 radical (unpaired) electrons. The first kappa shape index (κ1) is 17.2. The number of nitrogens with zero attached hydrogens (tertiary/aromatic N) is 4. The van der Waals surface area contributed by atoms with Crippen molar-refractivity contribution in [1.82, 2.24) is 14.9 Å². The van der Waals surface area contributed by atoms with E-state index in [9.17, 15) is 0 Å². The minimum atomic E-state index is 0.861. The van der Waals surface area contributed by atoms with Crippen molar-refractivity contribution in [3.05, 3.63) is 37.6 Å². The van der Waals surface area contributed by atoms with Crippen molar-refractivity contribution in [2.24, 2.45) is 0 Å². The Morgan fingerprint density at radius 3 is 2.48 bits per heavy atom. The first-order valence-corrected chi connectivity index (χ1v) is 10.5. The lowest BCUT2D eigenvalue weighted by Gasteiger charge is -2.35. The summed E-state index contributed by atoms with van der Waals surface area (Å²) in [6, 6.07) is 4.12. The Bertz CT molecular complexity index is 909. The van der Waals surface area contributed by atoms with Gasteiger partial charge in [-0.2, -0.15) is 0 Å². The maximum Gasteiger partial charge on any atom is 0.141 e. The molecule has 3 aromatic heterocycles.